The van der Waals surface area contributed by atoms with E-state index in [-0.39, 0.29) is 0 Å². The van der Waals surface area contributed by atoms with Gasteiger partial charge in [-0.05, 0) is 6.07 Å². The summed E-state index contributed by atoms with van der Waals surface area (Å²) in [6, 6.07) is 6.57. The molecular formula is C9H10N4O. The van der Waals surface area contributed by atoms with Gasteiger partial charge >= 0.3 is 0 Å². The lowest BCUT2D eigenvalue weighted by atomic mass is 10.1. The molecule has 1 amide bonds. The van der Waals surface area contributed by atoms with E-state index in [9.17, 15) is 4.79 Å². The number of H-pyrrole nitrogens is 1. The maximum absolute atomic E-state index is 10.9. The van der Waals surface area contributed by atoms with Crippen molar-refractivity contribution in [1.29, 1.82) is 0 Å². The smallest absolute Gasteiger partial charge is 0.240 e. The molecule has 5 N–H and O–H groups in total. The fraction of sp³-hybridized carbons (Fsp3) is 0.111. The van der Waals surface area contributed by atoms with Crippen molar-refractivity contribution in [3.63, 3.8) is 0 Å². The van der Waals surface area contributed by atoms with Gasteiger partial charge in [0.25, 0.3) is 0 Å². The lowest BCUT2D eigenvalue weighted by Gasteiger charge is -2.03. The van der Waals surface area contributed by atoms with Crippen LogP contribution in [-0.4, -0.2) is 16.1 Å². The van der Waals surface area contributed by atoms with Crippen molar-refractivity contribution in [2.75, 3.05) is 0 Å². The van der Waals surface area contributed by atoms with E-state index in [4.69, 9.17) is 11.5 Å². The quantitative estimate of drug-likeness (QED) is 0.624. The second kappa shape index (κ2) is 3.12. The van der Waals surface area contributed by atoms with Crippen LogP contribution >= 0.6 is 0 Å². The highest BCUT2D eigenvalue weighted by Gasteiger charge is 2.17. The van der Waals surface area contributed by atoms with Crippen molar-refractivity contribution in [3.8, 4) is 0 Å². The van der Waals surface area contributed by atoms with Crippen LogP contribution in [0.2, 0.25) is 0 Å². The molecule has 0 aliphatic rings. The first-order valence-corrected chi connectivity index (χ1v) is 4.18. The number of nitrogens with zero attached hydrogens (tertiary/aromatic N) is 1. The Labute approximate surface area is 80.1 Å². The molecule has 1 aromatic heterocycles. The molecule has 0 fully saturated rings. The van der Waals surface area contributed by atoms with Gasteiger partial charge in [0.15, 0.2) is 0 Å². The predicted octanol–water partition coefficient (Wildman–Crippen LogP) is 0.0480. The maximum Gasteiger partial charge on any atom is 0.240 e. The van der Waals surface area contributed by atoms with Crippen molar-refractivity contribution in [1.82, 2.24) is 10.2 Å². The highest BCUT2D eigenvalue weighted by molar-refractivity contribution is 5.89. The Bertz CT molecular complexity index is 476. The molecule has 1 heterocycles. The number of nitrogens with one attached hydrogen (secondary N) is 1. The van der Waals surface area contributed by atoms with E-state index in [1.54, 1.807) is 0 Å². The summed E-state index contributed by atoms with van der Waals surface area (Å²) in [7, 11) is 0. The van der Waals surface area contributed by atoms with Crippen LogP contribution in [0.15, 0.2) is 24.3 Å². The summed E-state index contributed by atoms with van der Waals surface area (Å²) in [5.41, 5.74) is 12.0. The SMILES string of the molecule is NC(=O)C(N)c1[nH]nc2ccccc12. The second-order valence-electron chi connectivity index (χ2n) is 3.03. The van der Waals surface area contributed by atoms with Crippen LogP contribution in [0.25, 0.3) is 10.9 Å². The molecule has 5 heteroatoms. The standard InChI is InChI=1S/C9H10N4O/c10-7(9(11)14)8-5-3-1-2-4-6(5)12-13-8/h1-4,7H,10H2,(H2,11,14)(H,12,13). The van der Waals surface area contributed by atoms with E-state index in [0.29, 0.717) is 5.69 Å². The Morgan fingerprint density at radius 1 is 1.43 bits per heavy atom. The second-order valence-corrected chi connectivity index (χ2v) is 3.03. The molecule has 1 atom stereocenters. The van der Waals surface area contributed by atoms with Gasteiger partial charge in [-0.3, -0.25) is 9.89 Å². The van der Waals surface area contributed by atoms with Gasteiger partial charge in [0.1, 0.15) is 6.04 Å². The molecule has 0 aliphatic heterocycles. The molecule has 1 unspecified atom stereocenters. The summed E-state index contributed by atoms with van der Waals surface area (Å²) in [4.78, 5) is 10.9. The Morgan fingerprint density at radius 3 is 2.86 bits per heavy atom. The average Bonchev–Trinajstić information content (AvgIpc) is 2.60. The molecule has 0 saturated heterocycles. The monoisotopic (exact) mass is 190 g/mol. The zero-order valence-corrected chi connectivity index (χ0v) is 7.40. The number of nitrogens with two attached hydrogens (primary N) is 2. The molecule has 2 rings (SSSR count). The van der Waals surface area contributed by atoms with Crippen molar-refractivity contribution < 1.29 is 4.79 Å². The van der Waals surface area contributed by atoms with Crippen molar-refractivity contribution >= 4 is 16.8 Å². The van der Waals surface area contributed by atoms with Crippen molar-refractivity contribution in [3.05, 3.63) is 30.0 Å². The van der Waals surface area contributed by atoms with E-state index in [2.05, 4.69) is 10.2 Å². The molecule has 72 valence electrons. The third-order valence-electron chi connectivity index (χ3n) is 2.11. The van der Waals surface area contributed by atoms with Gasteiger partial charge in [-0.2, -0.15) is 5.10 Å². The van der Waals surface area contributed by atoms with Gasteiger partial charge in [-0.25, -0.2) is 0 Å². The minimum absolute atomic E-state index is 0.563. The number of fused-ring (bicyclic) bond motifs is 1. The number of hydrogen-bond acceptors (Lipinski definition) is 3. The van der Waals surface area contributed by atoms with Crippen LogP contribution in [0, 0.1) is 0 Å². The number of primary amides is 1. The van der Waals surface area contributed by atoms with E-state index in [0.717, 1.165) is 10.9 Å². The van der Waals surface area contributed by atoms with Crippen LogP contribution in [-0.2, 0) is 4.79 Å². The predicted molar refractivity (Wildman–Crippen MR) is 52.2 cm³/mol. The topological polar surface area (TPSA) is 97.8 Å². The third kappa shape index (κ3) is 1.23. The lowest BCUT2D eigenvalue weighted by Crippen LogP contribution is -2.28. The van der Waals surface area contributed by atoms with E-state index < -0.39 is 11.9 Å². The number of carbonyl (C=O) groups excluding carboxylic acids is 1. The number of rotatable bonds is 2. The summed E-state index contributed by atoms with van der Waals surface area (Å²) in [5, 5.41) is 7.56. The van der Waals surface area contributed by atoms with Gasteiger partial charge in [0.2, 0.25) is 5.91 Å². The summed E-state index contributed by atoms with van der Waals surface area (Å²) in [5.74, 6) is -0.570. The summed E-state index contributed by atoms with van der Waals surface area (Å²) >= 11 is 0. The number of amides is 1. The number of hydrogen-bond donors (Lipinski definition) is 3. The molecule has 0 spiro atoms. The molecule has 0 saturated carbocycles. The van der Waals surface area contributed by atoms with Gasteiger partial charge in [0, 0.05) is 5.39 Å². The fourth-order valence-corrected chi connectivity index (χ4v) is 1.36. The molecule has 1 aromatic carbocycles. The van der Waals surface area contributed by atoms with E-state index in [1.807, 2.05) is 24.3 Å². The number of aromatic nitrogens is 2. The zero-order chi connectivity index (χ0) is 10.1. The highest BCUT2D eigenvalue weighted by atomic mass is 16.1. The van der Waals surface area contributed by atoms with Gasteiger partial charge in [-0.1, -0.05) is 18.2 Å². The van der Waals surface area contributed by atoms with Crippen molar-refractivity contribution in [2.45, 2.75) is 6.04 Å². The molecule has 0 aliphatic carbocycles. The molecular weight excluding hydrogens is 180 g/mol. The minimum atomic E-state index is -0.831. The zero-order valence-electron chi connectivity index (χ0n) is 7.40. The molecule has 0 bridgehead atoms. The number of benzene rings is 1. The van der Waals surface area contributed by atoms with Crippen molar-refractivity contribution in [2.24, 2.45) is 11.5 Å². The Kier molecular flexibility index (Phi) is 1.94. The first-order chi connectivity index (χ1) is 6.70. The van der Waals surface area contributed by atoms with Gasteiger partial charge in [-0.15, -0.1) is 0 Å². The van der Waals surface area contributed by atoms with E-state index in [1.165, 1.54) is 0 Å². The first kappa shape index (κ1) is 8.71. The minimum Gasteiger partial charge on any atom is -0.368 e. The maximum atomic E-state index is 10.9. The highest BCUT2D eigenvalue weighted by Crippen LogP contribution is 2.19. The van der Waals surface area contributed by atoms with Crippen LogP contribution in [0.3, 0.4) is 0 Å². The van der Waals surface area contributed by atoms with Gasteiger partial charge in [0.05, 0.1) is 11.2 Å². The van der Waals surface area contributed by atoms with Gasteiger partial charge < -0.3 is 11.5 Å². The Hall–Kier alpha value is -1.88. The molecule has 2 aromatic rings. The largest absolute Gasteiger partial charge is 0.368 e. The third-order valence-corrected chi connectivity index (χ3v) is 2.11. The lowest BCUT2D eigenvalue weighted by molar-refractivity contribution is -0.119. The average molecular weight is 190 g/mol. The Balaban J connectivity index is 2.58. The summed E-state index contributed by atoms with van der Waals surface area (Å²) in [6.45, 7) is 0. The Morgan fingerprint density at radius 2 is 2.14 bits per heavy atom. The summed E-state index contributed by atoms with van der Waals surface area (Å²) in [6.07, 6.45) is 0. The summed E-state index contributed by atoms with van der Waals surface area (Å²) < 4.78 is 0. The molecule has 0 radical (unpaired) electrons. The molecule has 14 heavy (non-hydrogen) atoms. The number of aromatic amines is 1. The normalized spacial score (nSPS) is 12.9. The number of para-hydroxylation sites is 1. The van der Waals surface area contributed by atoms with Crippen LogP contribution in [0.5, 0.6) is 0 Å². The number of carbonyl (C=O) groups is 1. The van der Waals surface area contributed by atoms with E-state index >= 15 is 0 Å². The molecule has 5 nitrogen and oxygen atoms in total. The van der Waals surface area contributed by atoms with Crippen LogP contribution in [0.1, 0.15) is 11.7 Å². The van der Waals surface area contributed by atoms with Crippen LogP contribution < -0.4 is 11.5 Å². The first-order valence-electron chi connectivity index (χ1n) is 4.18. The van der Waals surface area contributed by atoms with Crippen LogP contribution in [0.4, 0.5) is 0 Å². The fourth-order valence-electron chi connectivity index (χ4n) is 1.36.